The number of nitrogens with zero attached hydrogens (tertiary/aromatic N) is 4. The molecule has 3 heterocycles. The van der Waals surface area contributed by atoms with Crippen LogP contribution in [0.25, 0.3) is 5.65 Å². The lowest BCUT2D eigenvalue weighted by Crippen LogP contribution is -2.37. The van der Waals surface area contributed by atoms with Crippen LogP contribution in [0, 0.1) is 0 Å². The Morgan fingerprint density at radius 3 is 2.86 bits per heavy atom. The average Bonchev–Trinajstić information content (AvgIpc) is 3.07. The molecule has 3 aromatic rings. The summed E-state index contributed by atoms with van der Waals surface area (Å²) in [7, 11) is 3.40. The molecular weight excluding hydrogens is 362 g/mol. The molecule has 0 aromatic carbocycles. The van der Waals surface area contributed by atoms with Crippen LogP contribution < -0.4 is 21.9 Å². The summed E-state index contributed by atoms with van der Waals surface area (Å²) in [5.74, 6) is 0.373. The molecule has 0 unspecified atom stereocenters. The van der Waals surface area contributed by atoms with E-state index in [9.17, 15) is 9.59 Å². The third-order valence-corrected chi connectivity index (χ3v) is 5.03. The number of pyridine rings is 1. The minimum Gasteiger partial charge on any atom is -0.381 e. The Bertz CT molecular complexity index is 1100. The van der Waals surface area contributed by atoms with Crippen molar-refractivity contribution in [1.29, 1.82) is 0 Å². The van der Waals surface area contributed by atoms with Crippen molar-refractivity contribution in [2.24, 2.45) is 5.73 Å². The molecule has 1 aliphatic carbocycles. The van der Waals surface area contributed by atoms with E-state index < -0.39 is 5.91 Å². The van der Waals surface area contributed by atoms with Crippen LogP contribution in [0.2, 0.25) is 0 Å². The summed E-state index contributed by atoms with van der Waals surface area (Å²) in [6.07, 6.45) is 4.97. The number of anilines is 3. The maximum absolute atomic E-state index is 12.9. The van der Waals surface area contributed by atoms with Gasteiger partial charge in [0.25, 0.3) is 11.5 Å². The molecule has 0 bridgehead atoms. The molecular formula is C18H21N7O3. The molecule has 10 nitrogen and oxygen atoms in total. The Morgan fingerprint density at radius 1 is 1.39 bits per heavy atom. The third kappa shape index (κ3) is 2.97. The first-order valence-electron chi connectivity index (χ1n) is 8.89. The van der Waals surface area contributed by atoms with Crippen molar-refractivity contribution in [2.75, 3.05) is 24.8 Å². The predicted octanol–water partition coefficient (Wildman–Crippen LogP) is 1.13. The standard InChI is InChI=1S/C18H21N7O3/c1-20-15-8-14(23-17-12(16(19)26)9-21-25(15)17)22-13-4-3-5-24(18(13)27)10-6-11(7-10)28-2/h3-5,8-11,20H,6-7H2,1-2H3,(H2,19,26)(H,22,23)/t10-,11+. The number of rotatable bonds is 6. The van der Waals surface area contributed by atoms with E-state index in [1.165, 1.54) is 10.7 Å². The van der Waals surface area contributed by atoms with Crippen LogP contribution in [0.1, 0.15) is 29.2 Å². The van der Waals surface area contributed by atoms with Gasteiger partial charge in [0.2, 0.25) is 0 Å². The van der Waals surface area contributed by atoms with Crippen LogP contribution in [0.5, 0.6) is 0 Å². The van der Waals surface area contributed by atoms with Crippen LogP contribution in [-0.2, 0) is 4.74 Å². The molecule has 1 fully saturated rings. The number of nitrogens with one attached hydrogen (secondary N) is 2. The zero-order valence-corrected chi connectivity index (χ0v) is 15.5. The van der Waals surface area contributed by atoms with E-state index in [-0.39, 0.29) is 23.3 Å². The van der Waals surface area contributed by atoms with Crippen LogP contribution in [-0.4, -0.2) is 45.3 Å². The lowest BCUT2D eigenvalue weighted by molar-refractivity contribution is 0.00522. The van der Waals surface area contributed by atoms with Crippen molar-refractivity contribution >= 4 is 28.9 Å². The SMILES string of the molecule is CNc1cc(Nc2cccn([C@H]3C[C@@H](OC)C3)c2=O)nc2c(C(N)=O)cnn12. The number of aromatic nitrogens is 4. The first-order valence-corrected chi connectivity index (χ1v) is 8.89. The quantitative estimate of drug-likeness (QED) is 0.582. The fourth-order valence-corrected chi connectivity index (χ4v) is 3.37. The molecule has 3 aromatic heterocycles. The molecule has 1 saturated carbocycles. The Balaban J connectivity index is 1.69. The van der Waals surface area contributed by atoms with Crippen molar-refractivity contribution in [3.8, 4) is 0 Å². The fourth-order valence-electron chi connectivity index (χ4n) is 3.37. The minimum absolute atomic E-state index is 0.124. The molecule has 28 heavy (non-hydrogen) atoms. The zero-order chi connectivity index (χ0) is 19.8. The van der Waals surface area contributed by atoms with Crippen molar-refractivity contribution in [2.45, 2.75) is 25.0 Å². The molecule has 0 saturated heterocycles. The molecule has 4 N–H and O–H groups in total. The van der Waals surface area contributed by atoms with Crippen molar-refractivity contribution < 1.29 is 9.53 Å². The summed E-state index contributed by atoms with van der Waals surface area (Å²) in [4.78, 5) is 28.9. The Kier molecular flexibility index (Phi) is 4.47. The molecule has 0 radical (unpaired) electrons. The van der Waals surface area contributed by atoms with Crippen molar-refractivity contribution in [3.05, 3.63) is 46.5 Å². The molecule has 1 aliphatic rings. The molecule has 0 atom stereocenters. The number of carbonyl (C=O) groups is 1. The topological polar surface area (TPSA) is 129 Å². The Morgan fingerprint density at radius 2 is 2.18 bits per heavy atom. The average molecular weight is 383 g/mol. The van der Waals surface area contributed by atoms with E-state index in [4.69, 9.17) is 10.5 Å². The van der Waals surface area contributed by atoms with Gasteiger partial charge >= 0.3 is 0 Å². The van der Waals surface area contributed by atoms with E-state index in [2.05, 4.69) is 20.7 Å². The van der Waals surface area contributed by atoms with Gasteiger partial charge in [0.15, 0.2) is 5.65 Å². The number of fused-ring (bicyclic) bond motifs is 1. The van der Waals surface area contributed by atoms with Gasteiger partial charge in [-0.3, -0.25) is 9.59 Å². The maximum atomic E-state index is 12.9. The summed E-state index contributed by atoms with van der Waals surface area (Å²) < 4.78 is 8.49. The van der Waals surface area contributed by atoms with E-state index >= 15 is 0 Å². The number of hydrogen-bond donors (Lipinski definition) is 3. The van der Waals surface area contributed by atoms with Crippen molar-refractivity contribution in [3.63, 3.8) is 0 Å². The largest absolute Gasteiger partial charge is 0.381 e. The first kappa shape index (κ1) is 18.0. The van der Waals surface area contributed by atoms with Gasteiger partial charge in [-0.05, 0) is 25.0 Å². The highest BCUT2D eigenvalue weighted by atomic mass is 16.5. The highest BCUT2D eigenvalue weighted by Gasteiger charge is 2.31. The summed E-state index contributed by atoms with van der Waals surface area (Å²) >= 11 is 0. The highest BCUT2D eigenvalue weighted by Crippen LogP contribution is 2.33. The molecule has 0 spiro atoms. The van der Waals surface area contributed by atoms with Gasteiger partial charge in [-0.25, -0.2) is 4.98 Å². The van der Waals surface area contributed by atoms with Gasteiger partial charge in [0.05, 0.1) is 12.3 Å². The summed E-state index contributed by atoms with van der Waals surface area (Å²) in [6, 6.07) is 5.33. The zero-order valence-electron chi connectivity index (χ0n) is 15.5. The minimum atomic E-state index is -0.624. The third-order valence-electron chi connectivity index (χ3n) is 5.03. The monoisotopic (exact) mass is 383 g/mol. The molecule has 0 aliphatic heterocycles. The number of amides is 1. The molecule has 146 valence electrons. The summed E-state index contributed by atoms with van der Waals surface area (Å²) in [5, 5.41) is 10.2. The van der Waals surface area contributed by atoms with Gasteiger partial charge in [-0.15, -0.1) is 0 Å². The van der Waals surface area contributed by atoms with Gasteiger partial charge in [-0.2, -0.15) is 9.61 Å². The Hall–Kier alpha value is -3.40. The Labute approximate surface area is 160 Å². The smallest absolute Gasteiger partial charge is 0.274 e. The van der Waals surface area contributed by atoms with E-state index in [0.29, 0.717) is 23.0 Å². The fraction of sp³-hybridized carbons (Fsp3) is 0.333. The van der Waals surface area contributed by atoms with Crippen LogP contribution in [0.3, 0.4) is 0 Å². The number of ether oxygens (including phenoxy) is 1. The van der Waals surface area contributed by atoms with Crippen LogP contribution in [0.4, 0.5) is 17.3 Å². The number of nitrogens with two attached hydrogens (primary N) is 1. The lowest BCUT2D eigenvalue weighted by atomic mass is 9.89. The summed E-state index contributed by atoms with van der Waals surface area (Å²) in [6.45, 7) is 0. The number of methoxy groups -OCH3 is 1. The molecule has 10 heteroatoms. The van der Waals surface area contributed by atoms with Gasteiger partial charge in [0, 0.05) is 32.5 Å². The highest BCUT2D eigenvalue weighted by molar-refractivity contribution is 5.98. The first-order chi connectivity index (χ1) is 13.5. The van der Waals surface area contributed by atoms with Crippen LogP contribution >= 0.6 is 0 Å². The molecule has 4 rings (SSSR count). The van der Waals surface area contributed by atoms with E-state index in [0.717, 1.165) is 12.8 Å². The van der Waals surface area contributed by atoms with Gasteiger partial charge < -0.3 is 25.7 Å². The normalized spacial score (nSPS) is 18.6. The number of carbonyl (C=O) groups excluding carboxylic acids is 1. The number of primary amides is 1. The second-order valence-electron chi connectivity index (χ2n) is 6.68. The van der Waals surface area contributed by atoms with Gasteiger partial charge in [-0.1, -0.05) is 0 Å². The lowest BCUT2D eigenvalue weighted by Gasteiger charge is -2.35. The number of hydrogen-bond acceptors (Lipinski definition) is 7. The van der Waals surface area contributed by atoms with Crippen LogP contribution in [0.15, 0.2) is 35.4 Å². The second-order valence-corrected chi connectivity index (χ2v) is 6.68. The maximum Gasteiger partial charge on any atom is 0.274 e. The molecule has 1 amide bonds. The van der Waals surface area contributed by atoms with Gasteiger partial charge in [0.1, 0.15) is 22.9 Å². The summed E-state index contributed by atoms with van der Waals surface area (Å²) in [5.41, 5.74) is 6.16. The van der Waals surface area contributed by atoms with E-state index in [1.54, 1.807) is 37.1 Å². The second kappa shape index (κ2) is 6.97. The van der Waals surface area contributed by atoms with E-state index in [1.807, 2.05) is 6.07 Å². The van der Waals surface area contributed by atoms with Crippen molar-refractivity contribution in [1.82, 2.24) is 19.2 Å². The predicted molar refractivity (Wildman–Crippen MR) is 104 cm³/mol.